The summed E-state index contributed by atoms with van der Waals surface area (Å²) in [6.07, 6.45) is 0. The molecule has 0 radical (unpaired) electrons. The van der Waals surface area contributed by atoms with Crippen molar-refractivity contribution in [2.24, 2.45) is 5.50 Å². The van der Waals surface area contributed by atoms with Gasteiger partial charge in [-0.15, -0.1) is 10.0 Å². The Labute approximate surface area is 66.6 Å². The van der Waals surface area contributed by atoms with Crippen molar-refractivity contribution in [2.45, 2.75) is 6.61 Å². The standard InChI is InChI=1S/C7H10N2OP/c8-11(9)10-6-7-4-2-1-3-5-7/h1-5H,6H2,(H3,8,9)/q+1. The Balaban J connectivity index is 2.45. The van der Waals surface area contributed by atoms with Crippen LogP contribution in [0.2, 0.25) is 0 Å². The highest BCUT2D eigenvalue weighted by Gasteiger charge is 2.02. The molecule has 0 fully saturated rings. The largest absolute Gasteiger partial charge is 0.469 e. The summed E-state index contributed by atoms with van der Waals surface area (Å²) in [5.74, 6) is 0. The third kappa shape index (κ3) is 3.23. The molecule has 0 saturated heterocycles. The zero-order valence-electron chi connectivity index (χ0n) is 6.03. The number of hydrogen-bond donors (Lipinski definition) is 2. The van der Waals surface area contributed by atoms with Crippen LogP contribution in [0.15, 0.2) is 30.3 Å². The lowest BCUT2D eigenvalue weighted by Crippen LogP contribution is -1.87. The van der Waals surface area contributed by atoms with Crippen molar-refractivity contribution in [3.8, 4) is 0 Å². The van der Waals surface area contributed by atoms with Gasteiger partial charge >= 0.3 is 8.09 Å². The van der Waals surface area contributed by atoms with Crippen LogP contribution in [-0.2, 0) is 11.1 Å². The van der Waals surface area contributed by atoms with E-state index in [0.29, 0.717) is 6.61 Å². The van der Waals surface area contributed by atoms with Crippen LogP contribution in [0.5, 0.6) is 0 Å². The molecule has 0 aliphatic heterocycles. The molecule has 0 spiro atoms. The van der Waals surface area contributed by atoms with Crippen molar-refractivity contribution in [3.63, 3.8) is 0 Å². The Morgan fingerprint density at radius 2 is 2.00 bits per heavy atom. The molecule has 1 atom stereocenters. The maximum Gasteiger partial charge on any atom is 0.469 e. The van der Waals surface area contributed by atoms with Crippen molar-refractivity contribution in [3.05, 3.63) is 35.9 Å². The molecule has 1 unspecified atom stereocenters. The number of rotatable bonds is 3. The fourth-order valence-electron chi connectivity index (χ4n) is 0.718. The number of nitrogens with two attached hydrogens (primary N) is 1. The van der Waals surface area contributed by atoms with E-state index in [1.165, 1.54) is 0 Å². The molecule has 4 heteroatoms. The average molecular weight is 169 g/mol. The van der Waals surface area contributed by atoms with Crippen molar-refractivity contribution in [1.29, 1.82) is 5.16 Å². The molecule has 58 valence electrons. The van der Waals surface area contributed by atoms with Gasteiger partial charge in [-0.3, -0.25) is 0 Å². The molecular weight excluding hydrogens is 159 g/mol. The lowest BCUT2D eigenvalue weighted by atomic mass is 10.2. The van der Waals surface area contributed by atoms with Gasteiger partial charge in [0.1, 0.15) is 6.61 Å². The zero-order valence-corrected chi connectivity index (χ0v) is 6.92. The smallest absolute Gasteiger partial charge is 0.141 e. The Morgan fingerprint density at radius 1 is 1.36 bits per heavy atom. The predicted molar refractivity (Wildman–Crippen MR) is 45.1 cm³/mol. The molecule has 1 rings (SSSR count). The van der Waals surface area contributed by atoms with Gasteiger partial charge in [0.15, 0.2) is 0 Å². The van der Waals surface area contributed by atoms with Crippen LogP contribution in [0.1, 0.15) is 5.56 Å². The van der Waals surface area contributed by atoms with Crippen LogP contribution < -0.4 is 5.50 Å². The third-order valence-corrected chi connectivity index (χ3v) is 1.62. The summed E-state index contributed by atoms with van der Waals surface area (Å²) in [6.45, 7) is 0.437. The number of nitrogens with one attached hydrogen (secondary N) is 1. The van der Waals surface area contributed by atoms with Crippen LogP contribution in [0.25, 0.3) is 0 Å². The van der Waals surface area contributed by atoms with E-state index in [2.05, 4.69) is 0 Å². The first-order valence-corrected chi connectivity index (χ1v) is 4.55. The van der Waals surface area contributed by atoms with Crippen LogP contribution in [0.4, 0.5) is 0 Å². The summed E-state index contributed by atoms with van der Waals surface area (Å²) in [5.41, 5.74) is 6.20. The van der Waals surface area contributed by atoms with E-state index in [1.54, 1.807) is 0 Å². The summed E-state index contributed by atoms with van der Waals surface area (Å²) >= 11 is 0. The molecule has 0 aliphatic rings. The van der Waals surface area contributed by atoms with E-state index in [0.717, 1.165) is 5.56 Å². The minimum Gasteiger partial charge on any atom is -0.141 e. The maximum atomic E-state index is 6.95. The van der Waals surface area contributed by atoms with Crippen molar-refractivity contribution in [1.82, 2.24) is 0 Å². The second kappa shape index (κ2) is 4.19. The van der Waals surface area contributed by atoms with Gasteiger partial charge < -0.3 is 0 Å². The Kier molecular flexibility index (Phi) is 3.17. The van der Waals surface area contributed by atoms with Gasteiger partial charge in [0, 0.05) is 0 Å². The lowest BCUT2D eigenvalue weighted by molar-refractivity contribution is 0.345. The van der Waals surface area contributed by atoms with Crippen LogP contribution >= 0.6 is 8.09 Å². The van der Waals surface area contributed by atoms with Crippen LogP contribution in [0.3, 0.4) is 0 Å². The molecule has 0 amide bonds. The van der Waals surface area contributed by atoms with E-state index in [9.17, 15) is 0 Å². The zero-order chi connectivity index (χ0) is 8.10. The highest BCUT2D eigenvalue weighted by molar-refractivity contribution is 7.37. The van der Waals surface area contributed by atoms with Gasteiger partial charge in [0.25, 0.3) is 0 Å². The molecule has 1 aromatic rings. The topological polar surface area (TPSA) is 59.1 Å². The summed E-state index contributed by atoms with van der Waals surface area (Å²) in [6, 6.07) is 9.69. The van der Waals surface area contributed by atoms with Gasteiger partial charge in [0.05, 0.1) is 0 Å². The molecule has 0 heterocycles. The molecule has 0 saturated carbocycles. The normalized spacial score (nSPS) is 11.2. The van der Waals surface area contributed by atoms with E-state index >= 15 is 0 Å². The lowest BCUT2D eigenvalue weighted by Gasteiger charge is -1.92. The van der Waals surface area contributed by atoms with Gasteiger partial charge in [-0.25, -0.2) is 0 Å². The van der Waals surface area contributed by atoms with E-state index in [-0.39, 0.29) is 0 Å². The first-order chi connectivity index (χ1) is 5.29. The van der Waals surface area contributed by atoms with E-state index < -0.39 is 8.09 Å². The highest BCUT2D eigenvalue weighted by atomic mass is 31.1. The van der Waals surface area contributed by atoms with E-state index in [4.69, 9.17) is 15.2 Å². The summed E-state index contributed by atoms with van der Waals surface area (Å²) in [5, 5.41) is 6.95. The minimum absolute atomic E-state index is 0.437. The summed E-state index contributed by atoms with van der Waals surface area (Å²) < 4.78 is 4.94. The Hall–Kier alpha value is -0.760. The second-order valence-electron chi connectivity index (χ2n) is 2.08. The fraction of sp³-hybridized carbons (Fsp3) is 0.143. The maximum absolute atomic E-state index is 6.95. The summed E-state index contributed by atoms with van der Waals surface area (Å²) in [7, 11) is -1.47. The van der Waals surface area contributed by atoms with Crippen molar-refractivity contribution < 1.29 is 4.52 Å². The SMILES string of the molecule is N=[P+](N)OCc1ccccc1. The molecule has 11 heavy (non-hydrogen) atoms. The molecule has 1 aromatic carbocycles. The first kappa shape index (κ1) is 8.34. The van der Waals surface area contributed by atoms with Gasteiger partial charge in [-0.1, -0.05) is 35.5 Å². The molecule has 3 nitrogen and oxygen atoms in total. The summed E-state index contributed by atoms with van der Waals surface area (Å²) in [4.78, 5) is 0. The van der Waals surface area contributed by atoms with Crippen molar-refractivity contribution >= 4 is 8.09 Å². The number of benzene rings is 1. The highest BCUT2D eigenvalue weighted by Crippen LogP contribution is 2.14. The quantitative estimate of drug-likeness (QED) is 0.681. The number of hydrogen-bond acceptors (Lipinski definition) is 2. The first-order valence-electron chi connectivity index (χ1n) is 3.22. The molecular formula is C7H10N2OP+. The van der Waals surface area contributed by atoms with Gasteiger partial charge in [-0.05, 0) is 5.56 Å². The Bertz CT molecular complexity index is 237. The van der Waals surface area contributed by atoms with Crippen LogP contribution in [-0.4, -0.2) is 0 Å². The minimum atomic E-state index is -1.47. The fourth-order valence-corrected chi connectivity index (χ4v) is 1.01. The molecule has 0 bridgehead atoms. The van der Waals surface area contributed by atoms with Gasteiger partial charge in [0.2, 0.25) is 0 Å². The van der Waals surface area contributed by atoms with Crippen molar-refractivity contribution in [2.75, 3.05) is 0 Å². The van der Waals surface area contributed by atoms with Crippen LogP contribution in [0, 0.1) is 5.16 Å². The average Bonchev–Trinajstić information content (AvgIpc) is 2.03. The Morgan fingerprint density at radius 3 is 2.55 bits per heavy atom. The van der Waals surface area contributed by atoms with E-state index in [1.807, 2.05) is 30.3 Å². The third-order valence-electron chi connectivity index (χ3n) is 1.21. The monoisotopic (exact) mass is 169 g/mol. The predicted octanol–water partition coefficient (Wildman–Crippen LogP) is 2.24. The second-order valence-corrected chi connectivity index (χ2v) is 2.99. The molecule has 3 N–H and O–H groups in total. The van der Waals surface area contributed by atoms with Gasteiger partial charge in [-0.2, -0.15) is 0 Å². The molecule has 0 aliphatic carbocycles. The molecule has 0 aromatic heterocycles.